The Hall–Kier alpha value is -1.11. The number of ether oxygens (including phenoxy) is 1. The highest BCUT2D eigenvalue weighted by Crippen LogP contribution is 2.22. The molecule has 1 aromatic carbocycles. The lowest BCUT2D eigenvalue weighted by Gasteiger charge is -2.23. The number of sulfonamides is 1. The number of benzene rings is 1. The first-order chi connectivity index (χ1) is 9.13. The van der Waals surface area contributed by atoms with Gasteiger partial charge in [0.1, 0.15) is 10.6 Å². The number of hydrogen-bond donors (Lipinski definition) is 2. The summed E-state index contributed by atoms with van der Waals surface area (Å²) < 4.78 is 32.2. The molecular formula is C13H20N2O3S. The maximum absolute atomic E-state index is 12.2. The van der Waals surface area contributed by atoms with Gasteiger partial charge < -0.3 is 10.1 Å². The first-order valence-electron chi connectivity index (χ1n) is 6.49. The Morgan fingerprint density at radius 2 is 2.16 bits per heavy atom. The smallest absolute Gasteiger partial charge is 0.244 e. The Morgan fingerprint density at radius 3 is 2.84 bits per heavy atom. The fourth-order valence-corrected chi connectivity index (χ4v) is 3.48. The van der Waals surface area contributed by atoms with Crippen molar-refractivity contribution < 1.29 is 13.2 Å². The summed E-state index contributed by atoms with van der Waals surface area (Å²) in [6, 6.07) is 6.86. The largest absolute Gasteiger partial charge is 0.495 e. The molecule has 0 saturated carbocycles. The van der Waals surface area contributed by atoms with Crippen molar-refractivity contribution in [2.24, 2.45) is 0 Å². The van der Waals surface area contributed by atoms with Gasteiger partial charge in [0.25, 0.3) is 0 Å². The van der Waals surface area contributed by atoms with E-state index >= 15 is 0 Å². The molecule has 0 aliphatic carbocycles. The minimum Gasteiger partial charge on any atom is -0.495 e. The molecule has 1 atom stereocenters. The van der Waals surface area contributed by atoms with Gasteiger partial charge in [0.2, 0.25) is 10.0 Å². The summed E-state index contributed by atoms with van der Waals surface area (Å²) in [4.78, 5) is 0.188. The van der Waals surface area contributed by atoms with Crippen molar-refractivity contribution in [1.82, 2.24) is 10.0 Å². The van der Waals surface area contributed by atoms with Crippen molar-refractivity contribution >= 4 is 10.0 Å². The molecule has 19 heavy (non-hydrogen) atoms. The number of para-hydroxylation sites is 1. The molecule has 0 bridgehead atoms. The Bertz CT molecular complexity index is 510. The first kappa shape index (κ1) is 14.3. The highest BCUT2D eigenvalue weighted by molar-refractivity contribution is 7.89. The molecule has 1 saturated heterocycles. The van der Waals surface area contributed by atoms with Gasteiger partial charge in [-0.05, 0) is 31.5 Å². The third-order valence-electron chi connectivity index (χ3n) is 3.29. The van der Waals surface area contributed by atoms with Crippen LogP contribution in [-0.4, -0.2) is 34.7 Å². The normalized spacial score (nSPS) is 20.2. The van der Waals surface area contributed by atoms with E-state index < -0.39 is 10.0 Å². The van der Waals surface area contributed by atoms with Crippen LogP contribution in [0, 0.1) is 0 Å². The van der Waals surface area contributed by atoms with E-state index in [-0.39, 0.29) is 10.9 Å². The lowest BCUT2D eigenvalue weighted by Crippen LogP contribution is -2.43. The highest BCUT2D eigenvalue weighted by atomic mass is 32.2. The van der Waals surface area contributed by atoms with E-state index in [1.54, 1.807) is 24.3 Å². The van der Waals surface area contributed by atoms with E-state index in [2.05, 4.69) is 10.0 Å². The maximum atomic E-state index is 12.2. The average Bonchev–Trinajstić information content (AvgIpc) is 2.46. The molecule has 5 nitrogen and oxygen atoms in total. The second kappa shape index (κ2) is 6.36. The monoisotopic (exact) mass is 284 g/mol. The van der Waals surface area contributed by atoms with Crippen LogP contribution in [0.5, 0.6) is 5.75 Å². The average molecular weight is 284 g/mol. The van der Waals surface area contributed by atoms with Crippen LogP contribution in [0.3, 0.4) is 0 Å². The molecule has 2 rings (SSSR count). The van der Waals surface area contributed by atoms with Gasteiger partial charge in [-0.25, -0.2) is 13.1 Å². The summed E-state index contributed by atoms with van der Waals surface area (Å²) >= 11 is 0. The van der Waals surface area contributed by atoms with Gasteiger partial charge in [-0.15, -0.1) is 0 Å². The number of methoxy groups -OCH3 is 1. The van der Waals surface area contributed by atoms with Crippen molar-refractivity contribution in [2.45, 2.75) is 30.2 Å². The molecular weight excluding hydrogens is 264 g/mol. The van der Waals surface area contributed by atoms with E-state index in [1.807, 2.05) is 0 Å². The van der Waals surface area contributed by atoms with Crippen LogP contribution in [0.15, 0.2) is 29.2 Å². The second-order valence-electron chi connectivity index (χ2n) is 4.65. The number of nitrogens with one attached hydrogen (secondary N) is 2. The van der Waals surface area contributed by atoms with Gasteiger partial charge in [0, 0.05) is 12.6 Å². The van der Waals surface area contributed by atoms with Crippen LogP contribution in [0.25, 0.3) is 0 Å². The number of rotatable bonds is 5. The highest BCUT2D eigenvalue weighted by Gasteiger charge is 2.21. The minimum absolute atomic E-state index is 0.188. The van der Waals surface area contributed by atoms with Crippen molar-refractivity contribution in [1.29, 1.82) is 0 Å². The zero-order valence-corrected chi connectivity index (χ0v) is 11.9. The molecule has 1 aromatic rings. The van der Waals surface area contributed by atoms with E-state index in [0.717, 1.165) is 25.8 Å². The molecule has 6 heteroatoms. The van der Waals surface area contributed by atoms with Crippen LogP contribution >= 0.6 is 0 Å². The molecule has 0 amide bonds. The molecule has 2 N–H and O–H groups in total. The Balaban J connectivity index is 2.05. The molecule has 0 spiro atoms. The summed E-state index contributed by atoms with van der Waals surface area (Å²) in [5, 5.41) is 3.31. The molecule has 0 radical (unpaired) electrons. The summed E-state index contributed by atoms with van der Waals surface area (Å²) in [5.74, 6) is 0.367. The molecule has 1 aliphatic heterocycles. The van der Waals surface area contributed by atoms with Gasteiger partial charge in [-0.3, -0.25) is 0 Å². The zero-order chi connectivity index (χ0) is 13.7. The quantitative estimate of drug-likeness (QED) is 0.850. The molecule has 0 aromatic heterocycles. The molecule has 1 fully saturated rings. The molecule has 1 heterocycles. The molecule has 106 valence electrons. The van der Waals surface area contributed by atoms with Crippen LogP contribution in [0.1, 0.15) is 19.3 Å². The van der Waals surface area contributed by atoms with Crippen molar-refractivity contribution in [3.05, 3.63) is 24.3 Å². The lowest BCUT2D eigenvalue weighted by molar-refractivity contribution is 0.394. The first-order valence-corrected chi connectivity index (χ1v) is 7.98. The van der Waals surface area contributed by atoms with E-state index in [9.17, 15) is 8.42 Å². The van der Waals surface area contributed by atoms with Gasteiger partial charge in [-0.2, -0.15) is 0 Å². The third kappa shape index (κ3) is 3.68. The molecule has 0 unspecified atom stereocenters. The fourth-order valence-electron chi connectivity index (χ4n) is 2.23. The van der Waals surface area contributed by atoms with Gasteiger partial charge >= 0.3 is 0 Å². The van der Waals surface area contributed by atoms with Crippen LogP contribution < -0.4 is 14.8 Å². The van der Waals surface area contributed by atoms with Crippen LogP contribution in [-0.2, 0) is 10.0 Å². The van der Waals surface area contributed by atoms with Crippen LogP contribution in [0.2, 0.25) is 0 Å². The molecule has 1 aliphatic rings. The van der Waals surface area contributed by atoms with Crippen molar-refractivity contribution in [3.63, 3.8) is 0 Å². The van der Waals surface area contributed by atoms with Gasteiger partial charge in [-0.1, -0.05) is 18.6 Å². The predicted molar refractivity (Wildman–Crippen MR) is 73.8 cm³/mol. The summed E-state index contributed by atoms with van der Waals surface area (Å²) in [6.07, 6.45) is 3.32. The third-order valence-corrected chi connectivity index (χ3v) is 4.75. The second-order valence-corrected chi connectivity index (χ2v) is 6.38. The maximum Gasteiger partial charge on any atom is 0.244 e. The Morgan fingerprint density at radius 1 is 1.37 bits per heavy atom. The minimum atomic E-state index is -3.52. The lowest BCUT2D eigenvalue weighted by atomic mass is 10.1. The number of piperidine rings is 1. The summed E-state index contributed by atoms with van der Waals surface area (Å²) in [6.45, 7) is 1.38. The topological polar surface area (TPSA) is 67.4 Å². The van der Waals surface area contributed by atoms with Crippen molar-refractivity contribution in [2.75, 3.05) is 20.2 Å². The van der Waals surface area contributed by atoms with Gasteiger partial charge in [0.15, 0.2) is 0 Å². The van der Waals surface area contributed by atoms with E-state index in [4.69, 9.17) is 4.74 Å². The van der Waals surface area contributed by atoms with E-state index in [0.29, 0.717) is 12.3 Å². The predicted octanol–water partition coefficient (Wildman–Crippen LogP) is 1.12. The zero-order valence-electron chi connectivity index (χ0n) is 11.1. The Kier molecular flexibility index (Phi) is 4.79. The standard InChI is InChI=1S/C13H20N2O3S/c1-18-12-7-2-3-8-13(12)19(16,17)15-10-11-6-4-5-9-14-11/h2-3,7-8,11,14-15H,4-6,9-10H2,1H3/t11-/m0/s1. The summed E-state index contributed by atoms with van der Waals surface area (Å²) in [5.41, 5.74) is 0. The van der Waals surface area contributed by atoms with Crippen LogP contribution in [0.4, 0.5) is 0 Å². The summed E-state index contributed by atoms with van der Waals surface area (Å²) in [7, 11) is -2.05. The van der Waals surface area contributed by atoms with Gasteiger partial charge in [0.05, 0.1) is 7.11 Å². The number of hydrogen-bond acceptors (Lipinski definition) is 4. The van der Waals surface area contributed by atoms with E-state index in [1.165, 1.54) is 7.11 Å². The Labute approximate surface area is 114 Å². The fraction of sp³-hybridized carbons (Fsp3) is 0.538. The SMILES string of the molecule is COc1ccccc1S(=O)(=O)NC[C@@H]1CCCCN1. The van der Waals surface area contributed by atoms with Crippen molar-refractivity contribution in [3.8, 4) is 5.75 Å².